The van der Waals surface area contributed by atoms with Crippen molar-refractivity contribution in [3.8, 4) is 0 Å². The quantitative estimate of drug-likeness (QED) is 0.893. The molecular formula is C16H27N3O3. The van der Waals surface area contributed by atoms with Crippen molar-refractivity contribution in [3.63, 3.8) is 0 Å². The Hall–Kier alpha value is -1.40. The first-order valence-electron chi connectivity index (χ1n) is 8.05. The van der Waals surface area contributed by atoms with Crippen molar-refractivity contribution in [2.24, 2.45) is 0 Å². The number of aliphatic hydroxyl groups is 1. The average molecular weight is 309 g/mol. The van der Waals surface area contributed by atoms with E-state index in [9.17, 15) is 9.90 Å². The van der Waals surface area contributed by atoms with Gasteiger partial charge in [-0.2, -0.15) is 0 Å². The molecule has 1 atom stereocenters. The summed E-state index contributed by atoms with van der Waals surface area (Å²) in [7, 11) is 3.91. The minimum absolute atomic E-state index is 0.0970. The molecule has 0 aromatic carbocycles. The molecule has 1 aromatic heterocycles. The maximum Gasteiger partial charge on any atom is 0.276 e. The maximum atomic E-state index is 12.5. The maximum absolute atomic E-state index is 12.5. The number of nitrogens with zero attached hydrogens (tertiary/aromatic N) is 3. The lowest BCUT2D eigenvalue weighted by Crippen LogP contribution is -2.41. The van der Waals surface area contributed by atoms with Crippen molar-refractivity contribution in [2.45, 2.75) is 44.6 Å². The lowest BCUT2D eigenvalue weighted by molar-refractivity contribution is 0.00303. The first-order chi connectivity index (χ1) is 10.4. The highest BCUT2D eigenvalue weighted by Gasteiger charge is 2.32. The van der Waals surface area contributed by atoms with E-state index in [2.05, 4.69) is 12.1 Å². The zero-order valence-corrected chi connectivity index (χ0v) is 13.8. The average Bonchev–Trinajstić information content (AvgIpc) is 2.81. The van der Waals surface area contributed by atoms with Crippen LogP contribution in [0.25, 0.3) is 0 Å². The Morgan fingerprint density at radius 1 is 1.45 bits per heavy atom. The van der Waals surface area contributed by atoms with Crippen LogP contribution >= 0.6 is 0 Å². The van der Waals surface area contributed by atoms with E-state index in [1.165, 1.54) is 0 Å². The van der Waals surface area contributed by atoms with Crippen molar-refractivity contribution in [1.29, 1.82) is 0 Å². The predicted octanol–water partition coefficient (Wildman–Crippen LogP) is 1.55. The SMILES string of the molecule is CCCc1cc(C(=O)N2CCCC(O)(CN(C)C)CC2)no1. The molecule has 1 aliphatic rings. The number of amides is 1. The van der Waals surface area contributed by atoms with Crippen molar-refractivity contribution >= 4 is 5.91 Å². The Kier molecular flexibility index (Phi) is 5.58. The third-order valence-corrected chi connectivity index (χ3v) is 4.09. The summed E-state index contributed by atoms with van der Waals surface area (Å²) in [6.45, 7) is 3.90. The van der Waals surface area contributed by atoms with Crippen LogP contribution in [0.5, 0.6) is 0 Å². The minimum atomic E-state index is -0.713. The number of carbonyl (C=O) groups excluding carboxylic acids is 1. The fourth-order valence-electron chi connectivity index (χ4n) is 3.07. The molecule has 0 saturated carbocycles. The van der Waals surface area contributed by atoms with Gasteiger partial charge in [0.2, 0.25) is 0 Å². The van der Waals surface area contributed by atoms with Crippen LogP contribution in [0.1, 0.15) is 48.9 Å². The van der Waals surface area contributed by atoms with E-state index in [0.717, 1.165) is 31.4 Å². The number of aryl methyl sites for hydroxylation is 1. The van der Waals surface area contributed by atoms with E-state index in [-0.39, 0.29) is 5.91 Å². The highest BCUT2D eigenvalue weighted by molar-refractivity contribution is 5.92. The van der Waals surface area contributed by atoms with Gasteiger partial charge in [-0.15, -0.1) is 0 Å². The Morgan fingerprint density at radius 3 is 2.91 bits per heavy atom. The summed E-state index contributed by atoms with van der Waals surface area (Å²) < 4.78 is 5.19. The van der Waals surface area contributed by atoms with Crippen LogP contribution in [0.3, 0.4) is 0 Å². The van der Waals surface area contributed by atoms with Crippen LogP contribution < -0.4 is 0 Å². The molecule has 124 valence electrons. The Labute approximate surface area is 132 Å². The van der Waals surface area contributed by atoms with Crippen LogP contribution in [-0.2, 0) is 6.42 Å². The number of aromatic nitrogens is 1. The lowest BCUT2D eigenvalue weighted by Gasteiger charge is -2.29. The molecular weight excluding hydrogens is 282 g/mol. The molecule has 2 heterocycles. The molecule has 1 aliphatic heterocycles. The summed E-state index contributed by atoms with van der Waals surface area (Å²) >= 11 is 0. The van der Waals surface area contributed by atoms with Gasteiger partial charge in [0.05, 0.1) is 5.60 Å². The molecule has 1 aromatic rings. The number of rotatable bonds is 5. The first kappa shape index (κ1) is 17.0. The molecule has 1 fully saturated rings. The van der Waals surface area contributed by atoms with Gasteiger partial charge in [0, 0.05) is 32.1 Å². The van der Waals surface area contributed by atoms with Crippen LogP contribution in [0.2, 0.25) is 0 Å². The lowest BCUT2D eigenvalue weighted by atomic mass is 9.94. The third-order valence-electron chi connectivity index (χ3n) is 4.09. The zero-order chi connectivity index (χ0) is 16.2. The minimum Gasteiger partial charge on any atom is -0.388 e. The number of carbonyl (C=O) groups is 1. The molecule has 0 aliphatic carbocycles. The van der Waals surface area contributed by atoms with Gasteiger partial charge in [0.25, 0.3) is 5.91 Å². The first-order valence-corrected chi connectivity index (χ1v) is 8.05. The highest BCUT2D eigenvalue weighted by Crippen LogP contribution is 2.24. The van der Waals surface area contributed by atoms with E-state index >= 15 is 0 Å². The second kappa shape index (κ2) is 7.24. The summed E-state index contributed by atoms with van der Waals surface area (Å²) in [5.41, 5.74) is -0.336. The monoisotopic (exact) mass is 309 g/mol. The van der Waals surface area contributed by atoms with Crippen molar-refractivity contribution in [1.82, 2.24) is 15.0 Å². The molecule has 1 amide bonds. The van der Waals surface area contributed by atoms with E-state index in [4.69, 9.17) is 4.52 Å². The van der Waals surface area contributed by atoms with Gasteiger partial charge < -0.3 is 19.4 Å². The third kappa shape index (κ3) is 4.30. The van der Waals surface area contributed by atoms with Gasteiger partial charge in [-0.3, -0.25) is 4.79 Å². The number of hydrogen-bond acceptors (Lipinski definition) is 5. The second-order valence-corrected chi connectivity index (χ2v) is 6.54. The standard InChI is InChI=1S/C16H27N3O3/c1-4-6-13-11-14(17-22-13)15(20)19-9-5-7-16(21,8-10-19)12-18(2)3/h11,21H,4-10,12H2,1-3H3. The fourth-order valence-corrected chi connectivity index (χ4v) is 3.07. The van der Waals surface area contributed by atoms with Crippen molar-refractivity contribution in [2.75, 3.05) is 33.7 Å². The van der Waals surface area contributed by atoms with E-state index in [1.807, 2.05) is 19.0 Å². The molecule has 0 spiro atoms. The van der Waals surface area contributed by atoms with Crippen molar-refractivity contribution < 1.29 is 14.4 Å². The zero-order valence-electron chi connectivity index (χ0n) is 13.8. The fraction of sp³-hybridized carbons (Fsp3) is 0.750. The Morgan fingerprint density at radius 2 is 2.23 bits per heavy atom. The summed E-state index contributed by atoms with van der Waals surface area (Å²) in [5.74, 6) is 0.657. The number of likely N-dealkylation sites (tertiary alicyclic amines) is 1. The summed E-state index contributed by atoms with van der Waals surface area (Å²) in [6, 6.07) is 1.74. The smallest absolute Gasteiger partial charge is 0.276 e. The molecule has 6 nitrogen and oxygen atoms in total. The molecule has 0 bridgehead atoms. The van der Waals surface area contributed by atoms with Gasteiger partial charge in [-0.1, -0.05) is 12.1 Å². The Bertz CT molecular complexity index is 501. The summed E-state index contributed by atoms with van der Waals surface area (Å²) in [6.07, 6.45) is 3.87. The number of hydrogen-bond donors (Lipinski definition) is 1. The molecule has 1 saturated heterocycles. The van der Waals surface area contributed by atoms with Gasteiger partial charge in [-0.25, -0.2) is 0 Å². The number of likely N-dealkylation sites (N-methyl/N-ethyl adjacent to an activating group) is 1. The van der Waals surface area contributed by atoms with Gasteiger partial charge in [0.15, 0.2) is 5.69 Å². The largest absolute Gasteiger partial charge is 0.388 e. The van der Waals surface area contributed by atoms with E-state index in [1.54, 1.807) is 11.0 Å². The van der Waals surface area contributed by atoms with Gasteiger partial charge >= 0.3 is 0 Å². The molecule has 0 radical (unpaired) electrons. The molecule has 1 N–H and O–H groups in total. The second-order valence-electron chi connectivity index (χ2n) is 6.54. The Balaban J connectivity index is 1.99. The highest BCUT2D eigenvalue weighted by atomic mass is 16.5. The van der Waals surface area contributed by atoms with E-state index in [0.29, 0.717) is 31.7 Å². The van der Waals surface area contributed by atoms with Crippen LogP contribution in [0, 0.1) is 0 Å². The predicted molar refractivity (Wildman–Crippen MR) is 83.8 cm³/mol. The van der Waals surface area contributed by atoms with Gasteiger partial charge in [-0.05, 0) is 39.8 Å². The summed E-state index contributed by atoms with van der Waals surface area (Å²) in [5, 5.41) is 14.5. The summed E-state index contributed by atoms with van der Waals surface area (Å²) in [4.78, 5) is 16.3. The van der Waals surface area contributed by atoms with Crippen LogP contribution in [-0.4, -0.2) is 65.3 Å². The normalized spacial score (nSPS) is 22.9. The molecule has 2 rings (SSSR count). The topological polar surface area (TPSA) is 69.8 Å². The van der Waals surface area contributed by atoms with Gasteiger partial charge in [0.1, 0.15) is 5.76 Å². The van der Waals surface area contributed by atoms with Crippen LogP contribution in [0.15, 0.2) is 10.6 Å². The molecule has 22 heavy (non-hydrogen) atoms. The molecule has 6 heteroatoms. The van der Waals surface area contributed by atoms with Crippen LogP contribution in [0.4, 0.5) is 0 Å². The van der Waals surface area contributed by atoms with E-state index < -0.39 is 5.60 Å². The van der Waals surface area contributed by atoms with Crippen molar-refractivity contribution in [3.05, 3.63) is 17.5 Å². The molecule has 1 unspecified atom stereocenters.